The zero-order chi connectivity index (χ0) is 19.9. The standard InChI is InChI=1S/C17H18ClFN6O2S/c1-24-10-20-17(15(24)18)28(26,27)23-11-6-7-13(19)12(9-11)16-22-21-14-5-3-2-4-8-25(14)16/h6-7,9-10,23H,2-5,8H2,1H3. The van der Waals surface area contributed by atoms with Crippen molar-refractivity contribution in [3.63, 3.8) is 0 Å². The number of sulfonamides is 1. The minimum atomic E-state index is -4.02. The quantitative estimate of drug-likeness (QED) is 0.694. The SMILES string of the molecule is Cn1cnc(S(=O)(=O)Nc2ccc(F)c(-c3nnc4n3CCCCC4)c2)c1Cl. The summed E-state index contributed by atoms with van der Waals surface area (Å²) < 4.78 is 45.4. The van der Waals surface area contributed by atoms with E-state index in [1.165, 1.54) is 29.1 Å². The smallest absolute Gasteiger partial charge is 0.282 e. The van der Waals surface area contributed by atoms with Crippen molar-refractivity contribution in [3.8, 4) is 11.4 Å². The van der Waals surface area contributed by atoms with E-state index >= 15 is 0 Å². The molecule has 0 atom stereocenters. The number of benzene rings is 1. The molecule has 1 N–H and O–H groups in total. The van der Waals surface area contributed by atoms with Gasteiger partial charge in [-0.05, 0) is 31.0 Å². The summed E-state index contributed by atoms with van der Waals surface area (Å²) in [6.07, 6.45) is 5.16. The Morgan fingerprint density at radius 3 is 2.79 bits per heavy atom. The van der Waals surface area contributed by atoms with Gasteiger partial charge in [0.2, 0.25) is 5.03 Å². The molecule has 4 rings (SSSR count). The van der Waals surface area contributed by atoms with Crippen molar-refractivity contribution in [2.75, 3.05) is 4.72 Å². The van der Waals surface area contributed by atoms with Gasteiger partial charge >= 0.3 is 0 Å². The molecule has 0 saturated heterocycles. The lowest BCUT2D eigenvalue weighted by atomic mass is 10.1. The lowest BCUT2D eigenvalue weighted by molar-refractivity contribution is 0.598. The zero-order valence-corrected chi connectivity index (χ0v) is 16.6. The summed E-state index contributed by atoms with van der Waals surface area (Å²) in [6.45, 7) is 0.705. The number of halogens is 2. The normalized spacial score (nSPS) is 14.5. The second-order valence-electron chi connectivity index (χ2n) is 6.65. The van der Waals surface area contributed by atoms with Crippen LogP contribution in [0.3, 0.4) is 0 Å². The molecule has 11 heteroatoms. The number of aromatic nitrogens is 5. The molecule has 1 aliphatic rings. The number of rotatable bonds is 4. The Hall–Kier alpha value is -2.46. The van der Waals surface area contributed by atoms with Crippen molar-refractivity contribution in [1.82, 2.24) is 24.3 Å². The number of imidazole rings is 1. The first kappa shape index (κ1) is 18.9. The fourth-order valence-corrected chi connectivity index (χ4v) is 4.70. The van der Waals surface area contributed by atoms with Gasteiger partial charge in [0.1, 0.15) is 16.8 Å². The molecule has 3 aromatic rings. The van der Waals surface area contributed by atoms with Gasteiger partial charge in [-0.1, -0.05) is 18.0 Å². The Balaban J connectivity index is 1.71. The van der Waals surface area contributed by atoms with E-state index in [1.54, 1.807) is 7.05 Å². The summed E-state index contributed by atoms with van der Waals surface area (Å²) >= 11 is 5.99. The molecule has 8 nitrogen and oxygen atoms in total. The summed E-state index contributed by atoms with van der Waals surface area (Å²) in [4.78, 5) is 3.82. The minimum Gasteiger partial charge on any atom is -0.324 e. The first-order valence-corrected chi connectivity index (χ1v) is 10.6. The van der Waals surface area contributed by atoms with Gasteiger partial charge in [0.05, 0.1) is 11.9 Å². The maximum absolute atomic E-state index is 14.5. The molecular formula is C17H18ClFN6O2S. The van der Waals surface area contributed by atoms with Crippen LogP contribution in [0, 0.1) is 5.82 Å². The topological polar surface area (TPSA) is 94.7 Å². The molecule has 1 aromatic carbocycles. The third kappa shape index (κ3) is 3.37. The number of nitrogens with zero attached hydrogens (tertiary/aromatic N) is 5. The number of hydrogen-bond donors (Lipinski definition) is 1. The molecule has 28 heavy (non-hydrogen) atoms. The van der Waals surface area contributed by atoms with Crippen LogP contribution in [0.4, 0.5) is 10.1 Å². The van der Waals surface area contributed by atoms with Gasteiger partial charge in [-0.2, -0.15) is 8.42 Å². The summed E-state index contributed by atoms with van der Waals surface area (Å²) in [5, 5.41) is 8.01. The molecule has 0 unspecified atom stereocenters. The summed E-state index contributed by atoms with van der Waals surface area (Å²) in [5.74, 6) is 0.711. The molecule has 0 fully saturated rings. The molecule has 3 heterocycles. The minimum absolute atomic E-state index is 0.0161. The molecule has 0 amide bonds. The van der Waals surface area contributed by atoms with Crippen molar-refractivity contribution in [1.29, 1.82) is 0 Å². The van der Waals surface area contributed by atoms with Crippen LogP contribution in [0.1, 0.15) is 25.1 Å². The predicted octanol–water partition coefficient (Wildman–Crippen LogP) is 3.00. The van der Waals surface area contributed by atoms with Gasteiger partial charge in [-0.15, -0.1) is 10.2 Å². The van der Waals surface area contributed by atoms with E-state index in [1.807, 2.05) is 4.57 Å². The Bertz CT molecular complexity index is 1140. The molecule has 0 radical (unpaired) electrons. The highest BCUT2D eigenvalue weighted by Crippen LogP contribution is 2.29. The van der Waals surface area contributed by atoms with Gasteiger partial charge in [0.15, 0.2) is 5.82 Å². The van der Waals surface area contributed by atoms with E-state index in [4.69, 9.17) is 11.6 Å². The van der Waals surface area contributed by atoms with E-state index < -0.39 is 15.8 Å². The Morgan fingerprint density at radius 2 is 2.04 bits per heavy atom. The lowest BCUT2D eigenvalue weighted by Gasteiger charge is -2.11. The fourth-order valence-electron chi connectivity index (χ4n) is 3.22. The number of aryl methyl sites for hydroxylation is 2. The highest BCUT2D eigenvalue weighted by Gasteiger charge is 2.24. The van der Waals surface area contributed by atoms with Crippen LogP contribution in [0.15, 0.2) is 29.6 Å². The second kappa shape index (κ2) is 7.17. The number of nitrogens with one attached hydrogen (secondary N) is 1. The molecule has 0 bridgehead atoms. The summed E-state index contributed by atoms with van der Waals surface area (Å²) in [5.41, 5.74) is 0.372. The van der Waals surface area contributed by atoms with Crippen LogP contribution in [0.2, 0.25) is 5.15 Å². The summed E-state index contributed by atoms with van der Waals surface area (Å²) in [6, 6.07) is 3.95. The molecule has 2 aromatic heterocycles. The highest BCUT2D eigenvalue weighted by atomic mass is 35.5. The van der Waals surface area contributed by atoms with E-state index in [0.717, 1.165) is 31.5 Å². The van der Waals surface area contributed by atoms with Gasteiger partial charge in [-0.25, -0.2) is 9.37 Å². The first-order valence-electron chi connectivity index (χ1n) is 8.78. The highest BCUT2D eigenvalue weighted by molar-refractivity contribution is 7.92. The van der Waals surface area contributed by atoms with Crippen molar-refractivity contribution >= 4 is 27.3 Å². The molecule has 0 saturated carbocycles. The van der Waals surface area contributed by atoms with E-state index in [9.17, 15) is 12.8 Å². The van der Waals surface area contributed by atoms with Gasteiger partial charge in [0.25, 0.3) is 10.0 Å². The number of anilines is 1. The van der Waals surface area contributed by atoms with Crippen LogP contribution in [0.5, 0.6) is 0 Å². The van der Waals surface area contributed by atoms with E-state index in [-0.39, 0.29) is 21.4 Å². The van der Waals surface area contributed by atoms with Crippen LogP contribution < -0.4 is 4.72 Å². The Labute approximate surface area is 166 Å². The van der Waals surface area contributed by atoms with Gasteiger partial charge in [-0.3, -0.25) is 4.72 Å². The van der Waals surface area contributed by atoms with Crippen LogP contribution in [0.25, 0.3) is 11.4 Å². The maximum atomic E-state index is 14.5. The summed E-state index contributed by atoms with van der Waals surface area (Å²) in [7, 11) is -2.44. The largest absolute Gasteiger partial charge is 0.324 e. The van der Waals surface area contributed by atoms with Crippen molar-refractivity contribution < 1.29 is 12.8 Å². The first-order chi connectivity index (χ1) is 13.4. The third-order valence-electron chi connectivity index (χ3n) is 4.66. The molecule has 148 valence electrons. The second-order valence-corrected chi connectivity index (χ2v) is 8.61. The van der Waals surface area contributed by atoms with Crippen molar-refractivity contribution in [2.45, 2.75) is 37.3 Å². The van der Waals surface area contributed by atoms with Crippen LogP contribution >= 0.6 is 11.6 Å². The third-order valence-corrected chi connectivity index (χ3v) is 6.53. The monoisotopic (exact) mass is 424 g/mol. The Kier molecular flexibility index (Phi) is 4.84. The lowest BCUT2D eigenvalue weighted by Crippen LogP contribution is -2.14. The predicted molar refractivity (Wildman–Crippen MR) is 102 cm³/mol. The van der Waals surface area contributed by atoms with Crippen molar-refractivity contribution in [2.24, 2.45) is 7.05 Å². The van der Waals surface area contributed by atoms with E-state index in [2.05, 4.69) is 19.9 Å². The van der Waals surface area contributed by atoms with Gasteiger partial charge in [0, 0.05) is 25.7 Å². The average molecular weight is 425 g/mol. The van der Waals surface area contributed by atoms with Gasteiger partial charge < -0.3 is 9.13 Å². The molecule has 0 aliphatic carbocycles. The van der Waals surface area contributed by atoms with Crippen molar-refractivity contribution in [3.05, 3.63) is 41.3 Å². The molecule has 1 aliphatic heterocycles. The number of fused-ring (bicyclic) bond motifs is 1. The van der Waals surface area contributed by atoms with E-state index in [0.29, 0.717) is 12.4 Å². The zero-order valence-electron chi connectivity index (χ0n) is 15.1. The Morgan fingerprint density at radius 1 is 1.21 bits per heavy atom. The van der Waals surface area contributed by atoms with Crippen LogP contribution in [-0.2, 0) is 30.0 Å². The molecular weight excluding hydrogens is 407 g/mol. The fraction of sp³-hybridized carbons (Fsp3) is 0.353. The number of hydrogen-bond acceptors (Lipinski definition) is 5. The van der Waals surface area contributed by atoms with Crippen LogP contribution in [-0.4, -0.2) is 32.7 Å². The average Bonchev–Trinajstić information content (AvgIpc) is 3.11. The maximum Gasteiger partial charge on any atom is 0.282 e. The molecule has 0 spiro atoms.